The van der Waals surface area contributed by atoms with E-state index in [0.717, 1.165) is 5.82 Å². The van der Waals surface area contributed by atoms with Crippen molar-refractivity contribution in [2.75, 3.05) is 13.6 Å². The molecule has 0 aromatic carbocycles. The smallest absolute Gasteiger partial charge is 0.192 e. The molecule has 1 N–H and O–H groups in total. The van der Waals surface area contributed by atoms with E-state index < -0.39 is 0 Å². The fourth-order valence-corrected chi connectivity index (χ4v) is 1.68. The third-order valence-corrected chi connectivity index (χ3v) is 2.64. The minimum Gasteiger partial charge on any atom is -0.359 e. The molecular weight excluding hydrogens is 216 g/mol. The van der Waals surface area contributed by atoms with Gasteiger partial charge in [-0.1, -0.05) is 0 Å². The molecule has 17 heavy (non-hydrogen) atoms. The van der Waals surface area contributed by atoms with Crippen LogP contribution in [0.1, 0.15) is 16.3 Å². The Morgan fingerprint density at radius 2 is 2.41 bits per heavy atom. The second-order valence-corrected chi connectivity index (χ2v) is 4.13. The van der Waals surface area contributed by atoms with Crippen LogP contribution in [0.3, 0.4) is 0 Å². The van der Waals surface area contributed by atoms with Crippen molar-refractivity contribution in [1.29, 1.82) is 0 Å². The fraction of sp³-hybridized carbons (Fsp3) is 0.333. The second-order valence-electron chi connectivity index (χ2n) is 4.13. The maximum Gasteiger partial charge on any atom is 0.192 e. The zero-order chi connectivity index (χ0) is 12.3. The van der Waals surface area contributed by atoms with Gasteiger partial charge in [-0.05, 0) is 19.2 Å². The van der Waals surface area contributed by atoms with Gasteiger partial charge in [0.1, 0.15) is 5.82 Å². The van der Waals surface area contributed by atoms with Gasteiger partial charge >= 0.3 is 0 Å². The Kier molecular flexibility index (Phi) is 3.39. The van der Waals surface area contributed by atoms with Gasteiger partial charge in [0.15, 0.2) is 5.78 Å². The number of aromatic nitrogens is 3. The molecule has 2 heterocycles. The average molecular weight is 232 g/mol. The molecule has 0 aliphatic heterocycles. The van der Waals surface area contributed by atoms with Gasteiger partial charge < -0.3 is 9.55 Å². The molecule has 5 heteroatoms. The Hall–Kier alpha value is -1.88. The van der Waals surface area contributed by atoms with Crippen LogP contribution in [-0.4, -0.2) is 38.8 Å². The Balaban J connectivity index is 1.92. The number of hydrogen-bond donors (Lipinski definition) is 1. The quantitative estimate of drug-likeness (QED) is 0.784. The van der Waals surface area contributed by atoms with Crippen molar-refractivity contribution in [3.05, 3.63) is 42.2 Å². The molecule has 0 bridgehead atoms. The standard InChI is InChI=1S/C12H16N4O/c1-15(9-12-14-6-7-16(12)2)8-11(17)10-4-3-5-13-10/h3-7,13H,8-9H2,1-2H3. The molecule has 0 fully saturated rings. The Morgan fingerprint density at radius 1 is 1.59 bits per heavy atom. The van der Waals surface area contributed by atoms with E-state index in [1.807, 2.05) is 35.8 Å². The van der Waals surface area contributed by atoms with E-state index in [9.17, 15) is 4.79 Å². The van der Waals surface area contributed by atoms with Gasteiger partial charge in [0.2, 0.25) is 0 Å². The van der Waals surface area contributed by atoms with E-state index in [-0.39, 0.29) is 5.78 Å². The normalized spacial score (nSPS) is 11.0. The van der Waals surface area contributed by atoms with Gasteiger partial charge in [0, 0.05) is 25.6 Å². The van der Waals surface area contributed by atoms with Crippen LogP contribution in [0.4, 0.5) is 0 Å². The van der Waals surface area contributed by atoms with E-state index in [2.05, 4.69) is 9.97 Å². The number of H-pyrrole nitrogens is 1. The third kappa shape index (κ3) is 2.82. The molecule has 2 aromatic heterocycles. The van der Waals surface area contributed by atoms with Crippen LogP contribution in [0.15, 0.2) is 30.7 Å². The highest BCUT2D eigenvalue weighted by atomic mass is 16.1. The Morgan fingerprint density at radius 3 is 3.00 bits per heavy atom. The molecule has 0 spiro atoms. The molecule has 0 amide bonds. The highest BCUT2D eigenvalue weighted by molar-refractivity contribution is 5.95. The van der Waals surface area contributed by atoms with E-state index in [0.29, 0.717) is 18.8 Å². The molecule has 5 nitrogen and oxygen atoms in total. The van der Waals surface area contributed by atoms with Crippen molar-refractivity contribution >= 4 is 5.78 Å². The minimum absolute atomic E-state index is 0.0895. The number of hydrogen-bond acceptors (Lipinski definition) is 3. The summed E-state index contributed by atoms with van der Waals surface area (Å²) >= 11 is 0. The second kappa shape index (κ2) is 4.97. The van der Waals surface area contributed by atoms with E-state index in [1.54, 1.807) is 18.5 Å². The van der Waals surface area contributed by atoms with Crippen molar-refractivity contribution in [2.45, 2.75) is 6.54 Å². The van der Waals surface area contributed by atoms with Gasteiger partial charge in [-0.25, -0.2) is 4.98 Å². The number of nitrogens with zero attached hydrogens (tertiary/aromatic N) is 3. The number of carbonyl (C=O) groups is 1. The minimum atomic E-state index is 0.0895. The summed E-state index contributed by atoms with van der Waals surface area (Å²) in [5.74, 6) is 1.04. The molecule has 0 atom stereocenters. The number of rotatable bonds is 5. The number of likely N-dealkylation sites (N-methyl/N-ethyl adjacent to an activating group) is 1. The number of ketones is 1. The van der Waals surface area contributed by atoms with Crippen LogP contribution in [-0.2, 0) is 13.6 Å². The maximum absolute atomic E-state index is 11.8. The molecule has 0 aliphatic carbocycles. The van der Waals surface area contributed by atoms with Crippen LogP contribution in [0.25, 0.3) is 0 Å². The van der Waals surface area contributed by atoms with E-state index in [4.69, 9.17) is 0 Å². The summed E-state index contributed by atoms with van der Waals surface area (Å²) in [7, 11) is 3.86. The summed E-state index contributed by atoms with van der Waals surface area (Å²) in [4.78, 5) is 20.9. The lowest BCUT2D eigenvalue weighted by Crippen LogP contribution is -2.27. The zero-order valence-corrected chi connectivity index (χ0v) is 10.1. The summed E-state index contributed by atoms with van der Waals surface area (Å²) in [6.07, 6.45) is 5.41. The fourth-order valence-electron chi connectivity index (χ4n) is 1.68. The van der Waals surface area contributed by atoms with Gasteiger partial charge in [-0.15, -0.1) is 0 Å². The molecule has 0 saturated carbocycles. The van der Waals surface area contributed by atoms with Crippen LogP contribution in [0.2, 0.25) is 0 Å². The average Bonchev–Trinajstić information content (AvgIpc) is 2.90. The molecule has 0 unspecified atom stereocenters. The SMILES string of the molecule is CN(CC(=O)c1ccc[nH]1)Cc1nccn1C. The highest BCUT2D eigenvalue weighted by Gasteiger charge is 2.11. The number of aromatic amines is 1. The zero-order valence-electron chi connectivity index (χ0n) is 10.1. The highest BCUT2D eigenvalue weighted by Crippen LogP contribution is 2.02. The summed E-state index contributed by atoms with van der Waals surface area (Å²) < 4.78 is 1.95. The summed E-state index contributed by atoms with van der Waals surface area (Å²) in [6, 6.07) is 3.61. The lowest BCUT2D eigenvalue weighted by atomic mass is 10.3. The number of imidazole rings is 1. The Bertz CT molecular complexity index is 486. The molecule has 0 radical (unpaired) electrons. The first-order valence-corrected chi connectivity index (χ1v) is 5.48. The number of nitrogens with one attached hydrogen (secondary N) is 1. The number of Topliss-reactive ketones (excluding diaryl/α,β-unsaturated/α-hetero) is 1. The Labute approximate surface area is 100 Å². The van der Waals surface area contributed by atoms with Crippen molar-refractivity contribution < 1.29 is 4.79 Å². The lowest BCUT2D eigenvalue weighted by molar-refractivity contribution is 0.0937. The van der Waals surface area contributed by atoms with Crippen LogP contribution in [0.5, 0.6) is 0 Å². The van der Waals surface area contributed by atoms with E-state index in [1.165, 1.54) is 0 Å². The predicted molar refractivity (Wildman–Crippen MR) is 64.7 cm³/mol. The largest absolute Gasteiger partial charge is 0.359 e. The van der Waals surface area contributed by atoms with Crippen molar-refractivity contribution in [1.82, 2.24) is 19.4 Å². The number of carbonyl (C=O) groups excluding carboxylic acids is 1. The molecular formula is C12H16N4O. The van der Waals surface area contributed by atoms with Crippen LogP contribution in [0, 0.1) is 0 Å². The topological polar surface area (TPSA) is 53.9 Å². The summed E-state index contributed by atoms with van der Waals surface area (Å²) in [5, 5.41) is 0. The number of aryl methyl sites for hydroxylation is 1. The van der Waals surface area contributed by atoms with Crippen molar-refractivity contribution in [3.8, 4) is 0 Å². The van der Waals surface area contributed by atoms with Crippen LogP contribution < -0.4 is 0 Å². The third-order valence-electron chi connectivity index (χ3n) is 2.64. The lowest BCUT2D eigenvalue weighted by Gasteiger charge is -2.14. The molecule has 2 rings (SSSR count). The van der Waals surface area contributed by atoms with Crippen LogP contribution >= 0.6 is 0 Å². The molecule has 2 aromatic rings. The maximum atomic E-state index is 11.8. The van der Waals surface area contributed by atoms with Gasteiger partial charge in [0.05, 0.1) is 18.8 Å². The molecule has 0 saturated heterocycles. The monoisotopic (exact) mass is 232 g/mol. The molecule has 90 valence electrons. The predicted octanol–water partition coefficient (Wildman–Crippen LogP) is 1.06. The summed E-state index contributed by atoms with van der Waals surface area (Å²) in [5.41, 5.74) is 0.650. The van der Waals surface area contributed by atoms with Crippen molar-refractivity contribution in [3.63, 3.8) is 0 Å². The van der Waals surface area contributed by atoms with Crippen molar-refractivity contribution in [2.24, 2.45) is 7.05 Å². The first kappa shape index (κ1) is 11.6. The molecule has 0 aliphatic rings. The summed E-state index contributed by atoms with van der Waals surface area (Å²) in [6.45, 7) is 1.04. The van der Waals surface area contributed by atoms with Gasteiger partial charge in [-0.2, -0.15) is 0 Å². The van der Waals surface area contributed by atoms with Gasteiger partial charge in [0.25, 0.3) is 0 Å². The first-order valence-electron chi connectivity index (χ1n) is 5.48. The van der Waals surface area contributed by atoms with Gasteiger partial charge in [-0.3, -0.25) is 9.69 Å². The van der Waals surface area contributed by atoms with E-state index >= 15 is 0 Å². The first-order chi connectivity index (χ1) is 8.16.